The van der Waals surface area contributed by atoms with Crippen LogP contribution in [0.15, 0.2) is 53.9 Å². The number of nitrogens with two attached hydrogens (primary N) is 1. The normalized spacial score (nSPS) is 12.3. The summed E-state index contributed by atoms with van der Waals surface area (Å²) >= 11 is 0. The van der Waals surface area contributed by atoms with E-state index in [0.29, 0.717) is 5.69 Å². The van der Waals surface area contributed by atoms with Crippen LogP contribution < -0.4 is 16.4 Å². The number of pyridine rings is 1. The van der Waals surface area contributed by atoms with E-state index >= 15 is 0 Å². The van der Waals surface area contributed by atoms with Crippen molar-refractivity contribution in [3.05, 3.63) is 60.1 Å². The van der Waals surface area contributed by atoms with Gasteiger partial charge in [-0.2, -0.15) is 0 Å². The number of nitrogens with one attached hydrogen (secondary N) is 2. The van der Waals surface area contributed by atoms with Crippen LogP contribution in [-0.2, 0) is 0 Å². The Morgan fingerprint density at radius 3 is 2.72 bits per heavy atom. The van der Waals surface area contributed by atoms with Gasteiger partial charge in [-0.05, 0) is 56.6 Å². The predicted molar refractivity (Wildman–Crippen MR) is 124 cm³/mol. The highest BCUT2D eigenvalue weighted by Crippen LogP contribution is 2.25. The zero-order chi connectivity index (χ0) is 21.2. The monoisotopic (exact) mass is 389 g/mol. The molecular weight excluding hydrogens is 358 g/mol. The predicted octanol–water partition coefficient (Wildman–Crippen LogP) is 3.55. The van der Waals surface area contributed by atoms with Gasteiger partial charge in [0.1, 0.15) is 0 Å². The van der Waals surface area contributed by atoms with Crippen molar-refractivity contribution < 1.29 is 0 Å². The van der Waals surface area contributed by atoms with Crippen LogP contribution in [0.5, 0.6) is 0 Å². The van der Waals surface area contributed by atoms with Crippen LogP contribution in [0.3, 0.4) is 0 Å². The first-order valence-electron chi connectivity index (χ1n) is 9.82. The SMILES string of the molecule is C#CCCC(CCNC)NC(=C)C(=NC)c1cc(-c2cncc(N)c2)ccc1C. The number of anilines is 1. The molecule has 2 rings (SSSR count). The maximum absolute atomic E-state index is 5.90. The van der Waals surface area contributed by atoms with Crippen molar-refractivity contribution in [3.8, 4) is 23.5 Å². The molecule has 0 aliphatic carbocycles. The Morgan fingerprint density at radius 1 is 1.28 bits per heavy atom. The largest absolute Gasteiger partial charge is 0.397 e. The molecule has 0 saturated carbocycles. The topological polar surface area (TPSA) is 75.3 Å². The lowest BCUT2D eigenvalue weighted by Gasteiger charge is -2.22. The van der Waals surface area contributed by atoms with E-state index in [0.717, 1.165) is 59.5 Å². The van der Waals surface area contributed by atoms with Crippen molar-refractivity contribution >= 4 is 11.4 Å². The summed E-state index contributed by atoms with van der Waals surface area (Å²) in [4.78, 5) is 8.75. The molecule has 1 aromatic heterocycles. The molecule has 1 heterocycles. The number of benzene rings is 1. The van der Waals surface area contributed by atoms with E-state index in [2.05, 4.69) is 58.2 Å². The summed E-state index contributed by atoms with van der Waals surface area (Å²) in [7, 11) is 3.74. The summed E-state index contributed by atoms with van der Waals surface area (Å²) in [5, 5.41) is 6.73. The minimum Gasteiger partial charge on any atom is -0.397 e. The number of rotatable bonds is 10. The van der Waals surface area contributed by atoms with Crippen molar-refractivity contribution in [2.45, 2.75) is 32.2 Å². The highest BCUT2D eigenvalue weighted by molar-refractivity contribution is 6.13. The van der Waals surface area contributed by atoms with Crippen molar-refractivity contribution in [1.82, 2.24) is 15.6 Å². The molecule has 1 unspecified atom stereocenters. The number of nitrogens with zero attached hydrogens (tertiary/aromatic N) is 2. The summed E-state index contributed by atoms with van der Waals surface area (Å²) in [6, 6.07) is 8.44. The second kappa shape index (κ2) is 11.0. The van der Waals surface area contributed by atoms with E-state index in [4.69, 9.17) is 12.2 Å². The molecule has 152 valence electrons. The van der Waals surface area contributed by atoms with Gasteiger partial charge in [0.15, 0.2) is 0 Å². The Balaban J connectivity index is 2.29. The molecule has 1 atom stereocenters. The Kier molecular flexibility index (Phi) is 8.45. The van der Waals surface area contributed by atoms with Crippen LogP contribution >= 0.6 is 0 Å². The summed E-state index contributed by atoms with van der Waals surface area (Å²) in [5.41, 5.74) is 12.4. The van der Waals surface area contributed by atoms with E-state index < -0.39 is 0 Å². The zero-order valence-corrected chi connectivity index (χ0v) is 17.6. The molecule has 4 N–H and O–H groups in total. The smallest absolute Gasteiger partial charge is 0.0871 e. The zero-order valence-electron chi connectivity index (χ0n) is 17.6. The van der Waals surface area contributed by atoms with Crippen LogP contribution in [0, 0.1) is 19.3 Å². The quantitative estimate of drug-likeness (QED) is 0.429. The second-order valence-electron chi connectivity index (χ2n) is 7.06. The van der Waals surface area contributed by atoms with Crippen LogP contribution in [0.1, 0.15) is 30.4 Å². The summed E-state index contributed by atoms with van der Waals surface area (Å²) in [6.45, 7) is 7.25. The maximum Gasteiger partial charge on any atom is 0.0871 e. The van der Waals surface area contributed by atoms with Crippen LogP contribution in [0.4, 0.5) is 5.69 Å². The molecule has 0 amide bonds. The molecule has 0 radical (unpaired) electrons. The number of hydrogen-bond acceptors (Lipinski definition) is 5. The number of nitrogen functional groups attached to an aromatic ring is 1. The third-order valence-corrected chi connectivity index (χ3v) is 4.85. The molecule has 0 aliphatic heterocycles. The Morgan fingerprint density at radius 2 is 2.07 bits per heavy atom. The van der Waals surface area contributed by atoms with Gasteiger partial charge >= 0.3 is 0 Å². The molecule has 0 aliphatic rings. The van der Waals surface area contributed by atoms with Crippen molar-refractivity contribution in [1.29, 1.82) is 0 Å². The molecule has 5 heteroatoms. The molecule has 0 saturated heterocycles. The highest BCUT2D eigenvalue weighted by Gasteiger charge is 2.15. The highest BCUT2D eigenvalue weighted by atomic mass is 15.0. The standard InChI is InChI=1S/C24H31N5/c1-6-7-8-22(11-12-26-4)29-18(3)24(27-5)23-14-19(10-9-17(23)2)20-13-21(25)16-28-15-20/h1,9-10,13-16,22,26,29H,3,7-8,11-12,25H2,2,4-5H3. The average Bonchev–Trinajstić information content (AvgIpc) is 2.71. The molecule has 2 aromatic rings. The fourth-order valence-electron chi connectivity index (χ4n) is 3.27. The molecule has 1 aromatic carbocycles. The van der Waals surface area contributed by atoms with E-state index in [1.165, 1.54) is 0 Å². The van der Waals surface area contributed by atoms with Crippen molar-refractivity contribution in [2.75, 3.05) is 26.4 Å². The van der Waals surface area contributed by atoms with Gasteiger partial charge in [-0.15, -0.1) is 12.3 Å². The minimum atomic E-state index is 0.240. The van der Waals surface area contributed by atoms with Gasteiger partial charge in [-0.3, -0.25) is 9.98 Å². The fourth-order valence-corrected chi connectivity index (χ4v) is 3.27. The second-order valence-corrected chi connectivity index (χ2v) is 7.06. The molecule has 0 bridgehead atoms. The molecule has 0 fully saturated rings. The Labute approximate surface area is 174 Å². The minimum absolute atomic E-state index is 0.240. The number of hydrogen-bond donors (Lipinski definition) is 3. The lowest BCUT2D eigenvalue weighted by molar-refractivity contribution is 0.496. The van der Waals surface area contributed by atoms with E-state index in [9.17, 15) is 0 Å². The van der Waals surface area contributed by atoms with Gasteiger partial charge in [0.05, 0.1) is 17.1 Å². The molecule has 0 spiro atoms. The summed E-state index contributed by atoms with van der Waals surface area (Å²) < 4.78 is 0. The number of aryl methyl sites for hydroxylation is 1. The average molecular weight is 390 g/mol. The number of aliphatic imine (C=N–C) groups is 1. The molecule has 29 heavy (non-hydrogen) atoms. The maximum atomic E-state index is 5.90. The van der Waals surface area contributed by atoms with Gasteiger partial charge in [-0.25, -0.2) is 0 Å². The summed E-state index contributed by atoms with van der Waals surface area (Å²) in [6.07, 6.45) is 11.5. The van der Waals surface area contributed by atoms with E-state index in [-0.39, 0.29) is 6.04 Å². The van der Waals surface area contributed by atoms with Crippen molar-refractivity contribution in [3.63, 3.8) is 0 Å². The van der Waals surface area contributed by atoms with Gasteiger partial charge in [0, 0.05) is 43.0 Å². The first-order valence-corrected chi connectivity index (χ1v) is 9.82. The van der Waals surface area contributed by atoms with Crippen LogP contribution in [0.2, 0.25) is 0 Å². The lowest BCUT2D eigenvalue weighted by Crippen LogP contribution is -2.34. The molecule has 5 nitrogen and oxygen atoms in total. The van der Waals surface area contributed by atoms with E-state index in [1.54, 1.807) is 13.2 Å². The van der Waals surface area contributed by atoms with Gasteiger partial charge in [0.25, 0.3) is 0 Å². The number of terminal acetylenes is 1. The first-order chi connectivity index (χ1) is 14.0. The third-order valence-electron chi connectivity index (χ3n) is 4.85. The van der Waals surface area contributed by atoms with Crippen LogP contribution in [-0.4, -0.2) is 37.4 Å². The number of allylic oxidation sites excluding steroid dienone is 1. The fraction of sp³-hybridized carbons (Fsp3) is 0.333. The Hall–Kier alpha value is -3.10. The van der Waals surface area contributed by atoms with Gasteiger partial charge in [-0.1, -0.05) is 18.7 Å². The van der Waals surface area contributed by atoms with Crippen LogP contribution in [0.25, 0.3) is 11.1 Å². The van der Waals surface area contributed by atoms with E-state index in [1.807, 2.05) is 19.3 Å². The summed E-state index contributed by atoms with van der Waals surface area (Å²) in [5.74, 6) is 2.73. The van der Waals surface area contributed by atoms with Gasteiger partial charge < -0.3 is 16.4 Å². The van der Waals surface area contributed by atoms with Crippen molar-refractivity contribution in [2.24, 2.45) is 4.99 Å². The van der Waals surface area contributed by atoms with Gasteiger partial charge in [0.2, 0.25) is 0 Å². The first kappa shape index (κ1) is 22.2. The molecular formula is C24H31N5. The third kappa shape index (κ3) is 6.20. The Bertz CT molecular complexity index is 908. The lowest BCUT2D eigenvalue weighted by atomic mass is 9.96. The number of aromatic nitrogens is 1.